The van der Waals surface area contributed by atoms with Gasteiger partial charge in [0.05, 0.1) is 6.61 Å². The smallest absolute Gasteiger partial charge is 0.423 e. The van der Waals surface area contributed by atoms with Gasteiger partial charge in [-0.1, -0.05) is 42.4 Å². The molecule has 4 nitrogen and oxygen atoms in total. The second-order valence-electron chi connectivity index (χ2n) is 3.50. The van der Waals surface area contributed by atoms with Crippen molar-refractivity contribution in [1.82, 2.24) is 5.32 Å². The van der Waals surface area contributed by atoms with E-state index in [4.69, 9.17) is 9.76 Å². The van der Waals surface area contributed by atoms with E-state index < -0.39 is 7.12 Å². The number of rotatable bonds is 8. The van der Waals surface area contributed by atoms with E-state index in [1.54, 1.807) is 5.98 Å². The van der Waals surface area contributed by atoms with Crippen molar-refractivity contribution in [3.63, 3.8) is 0 Å². The summed E-state index contributed by atoms with van der Waals surface area (Å²) in [6.45, 7) is 1.66. The number of hydrogen-bond donors (Lipinski definition) is 3. The lowest BCUT2D eigenvalue weighted by Gasteiger charge is -2.05. The Kier molecular flexibility index (Phi) is 7.34. The van der Waals surface area contributed by atoms with Gasteiger partial charge in [-0.2, -0.15) is 0 Å². The lowest BCUT2D eigenvalue weighted by molar-refractivity contribution is 0.255. The van der Waals surface area contributed by atoms with E-state index in [-0.39, 0.29) is 6.61 Å². The fourth-order valence-corrected chi connectivity index (χ4v) is 1.27. The van der Waals surface area contributed by atoms with Gasteiger partial charge in [0.1, 0.15) is 0 Å². The van der Waals surface area contributed by atoms with Gasteiger partial charge in [-0.25, -0.2) is 0 Å². The third-order valence-electron chi connectivity index (χ3n) is 2.11. The largest absolute Gasteiger partial charge is 0.483 e. The summed E-state index contributed by atoms with van der Waals surface area (Å²) in [5, 5.41) is 21.0. The monoisotopic (exact) mass is 235 g/mol. The van der Waals surface area contributed by atoms with Gasteiger partial charge >= 0.3 is 7.12 Å². The van der Waals surface area contributed by atoms with E-state index in [2.05, 4.69) is 5.32 Å². The van der Waals surface area contributed by atoms with Gasteiger partial charge in [0.15, 0.2) is 0 Å². The van der Waals surface area contributed by atoms with Crippen molar-refractivity contribution in [2.24, 2.45) is 0 Å². The molecule has 0 aliphatic heterocycles. The van der Waals surface area contributed by atoms with Crippen LogP contribution in [0.5, 0.6) is 0 Å². The maximum Gasteiger partial charge on any atom is 0.483 e. The van der Waals surface area contributed by atoms with E-state index in [1.807, 2.05) is 36.4 Å². The Morgan fingerprint density at radius 1 is 1.24 bits per heavy atom. The van der Waals surface area contributed by atoms with Crippen LogP contribution >= 0.6 is 0 Å². The van der Waals surface area contributed by atoms with E-state index in [0.29, 0.717) is 19.7 Å². The van der Waals surface area contributed by atoms with Gasteiger partial charge in [0, 0.05) is 19.7 Å². The fraction of sp³-hybridized carbons (Fsp3) is 0.333. The Hall–Kier alpha value is -1.14. The predicted octanol–water partition coefficient (Wildman–Crippen LogP) is 0.318. The molecule has 1 rings (SSSR count). The minimum Gasteiger partial charge on any atom is -0.423 e. The summed E-state index contributed by atoms with van der Waals surface area (Å²) in [6, 6.07) is 9.71. The van der Waals surface area contributed by atoms with E-state index in [1.165, 1.54) is 0 Å². The van der Waals surface area contributed by atoms with E-state index in [9.17, 15) is 5.02 Å². The van der Waals surface area contributed by atoms with Gasteiger partial charge in [0.25, 0.3) is 0 Å². The first kappa shape index (κ1) is 13.9. The number of aliphatic hydroxyl groups excluding tert-OH is 1. The Balaban J connectivity index is 2.16. The van der Waals surface area contributed by atoms with Crippen molar-refractivity contribution in [2.45, 2.75) is 0 Å². The molecule has 0 aliphatic rings. The normalized spacial score (nSPS) is 10.9. The molecule has 0 heterocycles. The maximum absolute atomic E-state index is 9.48. The van der Waals surface area contributed by atoms with Crippen molar-refractivity contribution >= 4 is 13.2 Å². The number of hydrogen-bond acceptors (Lipinski definition) is 4. The van der Waals surface area contributed by atoms with Crippen molar-refractivity contribution in [2.75, 3.05) is 26.3 Å². The summed E-state index contributed by atoms with van der Waals surface area (Å²) in [7, 11) is -0.897. The molecule has 3 N–H and O–H groups in total. The number of nitrogens with one attached hydrogen (secondary N) is 1. The molecule has 17 heavy (non-hydrogen) atoms. The molecule has 0 spiro atoms. The second kappa shape index (κ2) is 8.95. The molecular formula is C12H18BNO3. The highest BCUT2D eigenvalue weighted by atomic mass is 16.5. The zero-order chi connectivity index (χ0) is 12.3. The molecule has 1 aromatic rings. The first-order chi connectivity index (χ1) is 8.33. The highest BCUT2D eigenvalue weighted by Gasteiger charge is 2.06. The van der Waals surface area contributed by atoms with Crippen LogP contribution in [0.15, 0.2) is 36.3 Å². The summed E-state index contributed by atoms with van der Waals surface area (Å²) >= 11 is 0. The molecule has 0 saturated carbocycles. The van der Waals surface area contributed by atoms with Gasteiger partial charge in [-0.3, -0.25) is 0 Å². The second-order valence-corrected chi connectivity index (χ2v) is 3.50. The molecule has 0 saturated heterocycles. The molecule has 0 amide bonds. The molecule has 0 fully saturated rings. The summed E-state index contributed by atoms with van der Waals surface area (Å²) < 4.78 is 5.13. The molecule has 0 atom stereocenters. The quantitative estimate of drug-likeness (QED) is 0.448. The van der Waals surface area contributed by atoms with Crippen LogP contribution in [0.25, 0.3) is 6.08 Å². The lowest BCUT2D eigenvalue weighted by atomic mass is 9.89. The average molecular weight is 235 g/mol. The van der Waals surface area contributed by atoms with Crippen LogP contribution in [0, 0.1) is 0 Å². The van der Waals surface area contributed by atoms with Gasteiger partial charge in [0.2, 0.25) is 0 Å². The average Bonchev–Trinajstić information content (AvgIpc) is 2.37. The highest BCUT2D eigenvalue weighted by molar-refractivity contribution is 6.50. The van der Waals surface area contributed by atoms with Crippen LogP contribution in [0.4, 0.5) is 0 Å². The molecule has 0 aliphatic carbocycles. The Morgan fingerprint density at radius 2 is 2.00 bits per heavy atom. The Morgan fingerprint density at radius 3 is 2.71 bits per heavy atom. The topological polar surface area (TPSA) is 61.7 Å². The lowest BCUT2D eigenvalue weighted by Crippen LogP contribution is -2.26. The standard InChI is InChI=1S/C12H18BNO3/c15-10-8-14-9-11-17-13(16)7-6-12-4-2-1-3-5-12/h1-7,14-16H,8-11H2/b7-6+. The molecule has 0 radical (unpaired) electrons. The van der Waals surface area contributed by atoms with Crippen molar-refractivity contribution < 1.29 is 14.8 Å². The van der Waals surface area contributed by atoms with Gasteiger partial charge < -0.3 is 20.1 Å². The summed E-state index contributed by atoms with van der Waals surface area (Å²) in [5.41, 5.74) is 1.02. The van der Waals surface area contributed by atoms with Gasteiger partial charge in [-0.05, 0) is 5.56 Å². The maximum atomic E-state index is 9.48. The minimum absolute atomic E-state index is 0.108. The van der Waals surface area contributed by atoms with Crippen LogP contribution in [0.3, 0.4) is 0 Å². The highest BCUT2D eigenvalue weighted by Crippen LogP contribution is 2.01. The van der Waals surface area contributed by atoms with Crippen LogP contribution in [0.2, 0.25) is 0 Å². The summed E-state index contributed by atoms with van der Waals surface area (Å²) in [6.07, 6.45) is 1.81. The van der Waals surface area contributed by atoms with Crippen LogP contribution in [-0.2, 0) is 4.65 Å². The van der Waals surface area contributed by atoms with Crippen LogP contribution in [0.1, 0.15) is 5.56 Å². The Labute approximate surface area is 102 Å². The van der Waals surface area contributed by atoms with E-state index in [0.717, 1.165) is 5.56 Å². The SMILES string of the molecule is OCCNCCOB(O)/C=C/c1ccccc1. The number of benzene rings is 1. The first-order valence-electron chi connectivity index (χ1n) is 5.67. The zero-order valence-corrected chi connectivity index (χ0v) is 9.75. The zero-order valence-electron chi connectivity index (χ0n) is 9.75. The molecule has 92 valence electrons. The van der Waals surface area contributed by atoms with Crippen molar-refractivity contribution in [1.29, 1.82) is 0 Å². The predicted molar refractivity (Wildman–Crippen MR) is 69.4 cm³/mol. The van der Waals surface area contributed by atoms with Crippen molar-refractivity contribution in [3.8, 4) is 0 Å². The summed E-state index contributed by atoms with van der Waals surface area (Å²) in [5.74, 6) is 1.60. The van der Waals surface area contributed by atoms with Crippen molar-refractivity contribution in [3.05, 3.63) is 41.9 Å². The molecule has 0 aromatic heterocycles. The van der Waals surface area contributed by atoms with Crippen LogP contribution < -0.4 is 5.32 Å². The molecule has 0 unspecified atom stereocenters. The van der Waals surface area contributed by atoms with Crippen LogP contribution in [-0.4, -0.2) is 43.6 Å². The minimum atomic E-state index is -0.897. The first-order valence-corrected chi connectivity index (χ1v) is 5.67. The third-order valence-corrected chi connectivity index (χ3v) is 2.11. The Bertz CT molecular complexity index is 319. The molecule has 1 aromatic carbocycles. The summed E-state index contributed by atoms with van der Waals surface area (Å²) in [4.78, 5) is 0. The molecular weight excluding hydrogens is 217 g/mol. The number of aliphatic hydroxyl groups is 1. The third kappa shape index (κ3) is 6.91. The fourth-order valence-electron chi connectivity index (χ4n) is 1.27. The molecule has 5 heteroatoms. The van der Waals surface area contributed by atoms with Gasteiger partial charge in [-0.15, -0.1) is 0 Å². The van der Waals surface area contributed by atoms with E-state index >= 15 is 0 Å². The molecule has 0 bridgehead atoms.